The Hall–Kier alpha value is -1.34. The van der Waals surface area contributed by atoms with E-state index in [-0.39, 0.29) is 0 Å². The molecule has 0 amide bonds. The standard InChI is InChI=1S/C20H27N/c1-2-14-21-20-11-5-3-4-10-19(20)18-13-12-16-8-6-7-9-17(16)15-18/h6-9,12-13,15,19-21H,2-5,10-11,14H2,1H3. The monoisotopic (exact) mass is 281 g/mol. The summed E-state index contributed by atoms with van der Waals surface area (Å²) in [5.41, 5.74) is 1.53. The molecule has 1 fully saturated rings. The molecule has 1 nitrogen and oxygen atoms in total. The Morgan fingerprint density at radius 3 is 2.62 bits per heavy atom. The lowest BCUT2D eigenvalue weighted by Crippen LogP contribution is -2.34. The van der Waals surface area contributed by atoms with Gasteiger partial charge in [-0.1, -0.05) is 68.7 Å². The average Bonchev–Trinajstić information content (AvgIpc) is 2.78. The van der Waals surface area contributed by atoms with Gasteiger partial charge in [0.25, 0.3) is 0 Å². The molecule has 2 aromatic rings. The number of benzene rings is 2. The fraction of sp³-hybridized carbons (Fsp3) is 0.500. The minimum absolute atomic E-state index is 0.661. The molecule has 1 aliphatic carbocycles. The second-order valence-electron chi connectivity index (χ2n) is 6.41. The summed E-state index contributed by atoms with van der Waals surface area (Å²) in [4.78, 5) is 0. The van der Waals surface area contributed by atoms with Crippen LogP contribution in [-0.2, 0) is 0 Å². The highest BCUT2D eigenvalue weighted by molar-refractivity contribution is 5.83. The van der Waals surface area contributed by atoms with Crippen molar-refractivity contribution in [2.45, 2.75) is 57.4 Å². The van der Waals surface area contributed by atoms with Crippen LogP contribution in [0.3, 0.4) is 0 Å². The van der Waals surface area contributed by atoms with E-state index in [4.69, 9.17) is 0 Å². The van der Waals surface area contributed by atoms with Crippen LogP contribution in [0.2, 0.25) is 0 Å². The quantitative estimate of drug-likeness (QED) is 0.754. The Kier molecular flexibility index (Phi) is 4.92. The third kappa shape index (κ3) is 3.47. The lowest BCUT2D eigenvalue weighted by Gasteiger charge is -2.27. The third-order valence-electron chi connectivity index (χ3n) is 4.87. The predicted octanol–water partition coefficient (Wildman–Crippen LogP) is 5.26. The van der Waals surface area contributed by atoms with Crippen LogP contribution in [0.5, 0.6) is 0 Å². The molecule has 1 N–H and O–H groups in total. The largest absolute Gasteiger partial charge is 0.313 e. The third-order valence-corrected chi connectivity index (χ3v) is 4.87. The first-order chi connectivity index (χ1) is 10.4. The lowest BCUT2D eigenvalue weighted by atomic mass is 9.86. The number of rotatable bonds is 4. The van der Waals surface area contributed by atoms with Crippen LogP contribution in [-0.4, -0.2) is 12.6 Å². The average molecular weight is 281 g/mol. The number of nitrogens with one attached hydrogen (secondary N) is 1. The van der Waals surface area contributed by atoms with Crippen molar-refractivity contribution in [1.82, 2.24) is 5.32 Å². The van der Waals surface area contributed by atoms with E-state index < -0.39 is 0 Å². The van der Waals surface area contributed by atoms with Crippen molar-refractivity contribution < 1.29 is 0 Å². The molecule has 112 valence electrons. The summed E-state index contributed by atoms with van der Waals surface area (Å²) in [6, 6.07) is 16.5. The maximum absolute atomic E-state index is 3.81. The first kappa shape index (κ1) is 14.6. The minimum atomic E-state index is 0.661. The molecule has 0 aromatic heterocycles. The van der Waals surface area contributed by atoms with Gasteiger partial charge in [0.2, 0.25) is 0 Å². The molecule has 0 heterocycles. The van der Waals surface area contributed by atoms with Gasteiger partial charge >= 0.3 is 0 Å². The van der Waals surface area contributed by atoms with Gasteiger partial charge in [0.1, 0.15) is 0 Å². The molecule has 0 bridgehead atoms. The smallest absolute Gasteiger partial charge is 0.0136 e. The summed E-state index contributed by atoms with van der Waals surface area (Å²) in [5, 5.41) is 6.55. The van der Waals surface area contributed by atoms with Crippen molar-refractivity contribution in [3.05, 3.63) is 48.0 Å². The van der Waals surface area contributed by atoms with Crippen LogP contribution in [0.15, 0.2) is 42.5 Å². The van der Waals surface area contributed by atoms with Crippen molar-refractivity contribution in [2.75, 3.05) is 6.54 Å². The first-order valence-electron chi connectivity index (χ1n) is 8.60. The minimum Gasteiger partial charge on any atom is -0.313 e. The molecule has 1 saturated carbocycles. The molecular weight excluding hydrogens is 254 g/mol. The zero-order chi connectivity index (χ0) is 14.5. The predicted molar refractivity (Wildman–Crippen MR) is 91.9 cm³/mol. The molecule has 1 heteroatoms. The summed E-state index contributed by atoms with van der Waals surface area (Å²) in [6.07, 6.45) is 8.04. The van der Waals surface area contributed by atoms with Crippen molar-refractivity contribution >= 4 is 10.8 Å². The summed E-state index contributed by atoms with van der Waals surface area (Å²) < 4.78 is 0. The maximum atomic E-state index is 3.81. The molecule has 21 heavy (non-hydrogen) atoms. The zero-order valence-electron chi connectivity index (χ0n) is 13.1. The Morgan fingerprint density at radius 2 is 1.76 bits per heavy atom. The van der Waals surface area contributed by atoms with E-state index in [1.807, 2.05) is 0 Å². The van der Waals surface area contributed by atoms with Gasteiger partial charge in [0.15, 0.2) is 0 Å². The number of fused-ring (bicyclic) bond motifs is 1. The van der Waals surface area contributed by atoms with Gasteiger partial charge in [-0.15, -0.1) is 0 Å². The Labute approximate surface area is 128 Å². The summed E-state index contributed by atoms with van der Waals surface area (Å²) in [5.74, 6) is 0.684. The second kappa shape index (κ2) is 7.09. The molecule has 2 aromatic carbocycles. The van der Waals surface area contributed by atoms with Crippen LogP contribution in [0.1, 0.15) is 56.9 Å². The van der Waals surface area contributed by atoms with Crippen molar-refractivity contribution in [1.29, 1.82) is 0 Å². The highest BCUT2D eigenvalue weighted by Crippen LogP contribution is 2.33. The lowest BCUT2D eigenvalue weighted by molar-refractivity contribution is 0.411. The van der Waals surface area contributed by atoms with Gasteiger partial charge in [-0.05, 0) is 48.1 Å². The van der Waals surface area contributed by atoms with Gasteiger partial charge in [-0.25, -0.2) is 0 Å². The fourth-order valence-corrected chi connectivity index (χ4v) is 3.72. The molecule has 3 rings (SSSR count). The van der Waals surface area contributed by atoms with Gasteiger partial charge in [-0.2, -0.15) is 0 Å². The van der Waals surface area contributed by atoms with E-state index in [9.17, 15) is 0 Å². The van der Waals surface area contributed by atoms with E-state index >= 15 is 0 Å². The summed E-state index contributed by atoms with van der Waals surface area (Å²) >= 11 is 0. The SMILES string of the molecule is CCCNC1CCCCCC1c1ccc2ccccc2c1. The molecule has 0 spiro atoms. The van der Waals surface area contributed by atoms with E-state index in [1.54, 1.807) is 0 Å². The van der Waals surface area contributed by atoms with Crippen LogP contribution in [0.4, 0.5) is 0 Å². The van der Waals surface area contributed by atoms with Crippen molar-refractivity contribution in [3.63, 3.8) is 0 Å². The van der Waals surface area contributed by atoms with Crippen molar-refractivity contribution in [3.8, 4) is 0 Å². The highest BCUT2D eigenvalue weighted by atomic mass is 14.9. The van der Waals surface area contributed by atoms with Gasteiger partial charge in [-0.3, -0.25) is 0 Å². The fourth-order valence-electron chi connectivity index (χ4n) is 3.72. The first-order valence-corrected chi connectivity index (χ1v) is 8.60. The van der Waals surface area contributed by atoms with Gasteiger partial charge < -0.3 is 5.32 Å². The Bertz CT molecular complexity index is 575. The van der Waals surface area contributed by atoms with E-state index in [0.717, 1.165) is 6.54 Å². The van der Waals surface area contributed by atoms with E-state index in [0.29, 0.717) is 12.0 Å². The van der Waals surface area contributed by atoms with Crippen molar-refractivity contribution in [2.24, 2.45) is 0 Å². The molecule has 1 aliphatic rings. The summed E-state index contributed by atoms with van der Waals surface area (Å²) in [7, 11) is 0. The second-order valence-corrected chi connectivity index (χ2v) is 6.41. The normalized spacial score (nSPS) is 23.1. The van der Waals surface area contributed by atoms with E-state index in [1.165, 1.54) is 54.9 Å². The van der Waals surface area contributed by atoms with Crippen LogP contribution in [0, 0.1) is 0 Å². The molecule has 2 unspecified atom stereocenters. The molecular formula is C20H27N. The maximum Gasteiger partial charge on any atom is 0.0136 e. The zero-order valence-corrected chi connectivity index (χ0v) is 13.1. The van der Waals surface area contributed by atoms with E-state index in [2.05, 4.69) is 54.7 Å². The Balaban J connectivity index is 1.88. The van der Waals surface area contributed by atoms with Crippen LogP contribution >= 0.6 is 0 Å². The molecule has 0 aliphatic heterocycles. The number of hydrogen-bond donors (Lipinski definition) is 1. The van der Waals surface area contributed by atoms with Crippen LogP contribution in [0.25, 0.3) is 10.8 Å². The topological polar surface area (TPSA) is 12.0 Å². The molecule has 2 atom stereocenters. The molecule has 0 saturated heterocycles. The Morgan fingerprint density at radius 1 is 0.952 bits per heavy atom. The summed E-state index contributed by atoms with van der Waals surface area (Å²) in [6.45, 7) is 3.41. The number of hydrogen-bond acceptors (Lipinski definition) is 1. The molecule has 0 radical (unpaired) electrons. The highest BCUT2D eigenvalue weighted by Gasteiger charge is 2.24. The van der Waals surface area contributed by atoms with Gasteiger partial charge in [0.05, 0.1) is 0 Å². The van der Waals surface area contributed by atoms with Crippen LogP contribution < -0.4 is 5.32 Å². The van der Waals surface area contributed by atoms with Gasteiger partial charge in [0, 0.05) is 6.04 Å².